The third-order valence-corrected chi connectivity index (χ3v) is 6.00. The molecule has 3 aromatic carbocycles. The highest BCUT2D eigenvalue weighted by molar-refractivity contribution is 6.21. The van der Waals surface area contributed by atoms with Crippen molar-refractivity contribution in [2.75, 3.05) is 61.9 Å². The molecule has 0 radical (unpaired) electrons. The van der Waals surface area contributed by atoms with Crippen LogP contribution in [0.5, 0.6) is 34.5 Å². The van der Waals surface area contributed by atoms with Crippen LogP contribution in [0, 0.1) is 0 Å². The molecule has 0 saturated carbocycles. The van der Waals surface area contributed by atoms with Crippen molar-refractivity contribution in [1.29, 1.82) is 0 Å². The first-order chi connectivity index (χ1) is 19.9. The third kappa shape index (κ3) is 8.79. The fraction of sp³-hybridized carbons (Fsp3) is 0.323. The maximum atomic E-state index is 12.6. The number of esters is 1. The molecule has 10 nitrogen and oxygen atoms in total. The van der Waals surface area contributed by atoms with Crippen LogP contribution in [0.3, 0.4) is 0 Å². The largest absolute Gasteiger partial charge is 0.493 e. The van der Waals surface area contributed by atoms with Gasteiger partial charge in [0.15, 0.2) is 23.0 Å². The van der Waals surface area contributed by atoms with E-state index in [1.54, 1.807) is 49.6 Å². The van der Waals surface area contributed by atoms with Crippen LogP contribution in [0.15, 0.2) is 60.7 Å². The van der Waals surface area contributed by atoms with Gasteiger partial charge in [-0.1, -0.05) is 24.3 Å². The Kier molecular flexibility index (Phi) is 12.1. The number of benzene rings is 3. The summed E-state index contributed by atoms with van der Waals surface area (Å²) in [7, 11) is 7.49. The molecule has 0 bridgehead atoms. The van der Waals surface area contributed by atoms with Crippen molar-refractivity contribution in [3.63, 3.8) is 0 Å². The zero-order valence-electron chi connectivity index (χ0n) is 24.0. The number of rotatable bonds is 16. The van der Waals surface area contributed by atoms with Gasteiger partial charge in [0.25, 0.3) is 0 Å². The molecular formula is C31H37NO9. The van der Waals surface area contributed by atoms with Gasteiger partial charge in [0.05, 0.1) is 41.1 Å². The zero-order valence-corrected chi connectivity index (χ0v) is 24.0. The number of para-hydroxylation sites is 2. The summed E-state index contributed by atoms with van der Waals surface area (Å²) in [6, 6.07) is 17.8. The average molecular weight is 568 g/mol. The van der Waals surface area contributed by atoms with Crippen LogP contribution < -0.4 is 33.7 Å². The molecule has 0 aliphatic carbocycles. The van der Waals surface area contributed by atoms with E-state index in [9.17, 15) is 9.90 Å². The first-order valence-corrected chi connectivity index (χ1v) is 12.9. The van der Waals surface area contributed by atoms with Crippen LogP contribution in [0.4, 0.5) is 0 Å². The van der Waals surface area contributed by atoms with Crippen LogP contribution in [-0.4, -0.2) is 79.0 Å². The SMILES string of the molecule is COC(=O)/C(=C/c1cc(OC)c(OC)c(OC)c1)c1ccc(OCC(O)CNCCOc2ccccc2OC)cc1. The molecule has 41 heavy (non-hydrogen) atoms. The van der Waals surface area contributed by atoms with Crippen LogP contribution in [0.1, 0.15) is 11.1 Å². The number of aliphatic hydroxyl groups excluding tert-OH is 1. The van der Waals surface area contributed by atoms with E-state index in [1.807, 2.05) is 24.3 Å². The maximum absolute atomic E-state index is 12.6. The van der Waals surface area contributed by atoms with Gasteiger partial charge in [-0.15, -0.1) is 0 Å². The van der Waals surface area contributed by atoms with Gasteiger partial charge in [-0.2, -0.15) is 0 Å². The predicted molar refractivity (Wildman–Crippen MR) is 155 cm³/mol. The van der Waals surface area contributed by atoms with Gasteiger partial charge >= 0.3 is 5.97 Å². The highest BCUT2D eigenvalue weighted by Crippen LogP contribution is 2.39. The molecule has 0 aliphatic rings. The lowest BCUT2D eigenvalue weighted by Crippen LogP contribution is -2.33. The van der Waals surface area contributed by atoms with E-state index < -0.39 is 12.1 Å². The lowest BCUT2D eigenvalue weighted by Gasteiger charge is -2.15. The Hall–Kier alpha value is -4.41. The number of methoxy groups -OCH3 is 5. The van der Waals surface area contributed by atoms with Crippen molar-refractivity contribution in [2.24, 2.45) is 0 Å². The molecular weight excluding hydrogens is 530 g/mol. The zero-order chi connectivity index (χ0) is 29.6. The summed E-state index contributed by atoms with van der Waals surface area (Å²) in [6.07, 6.45) is 0.950. The summed E-state index contributed by atoms with van der Waals surface area (Å²) < 4.78 is 37.9. The minimum Gasteiger partial charge on any atom is -0.493 e. The lowest BCUT2D eigenvalue weighted by molar-refractivity contribution is -0.133. The number of hydrogen-bond acceptors (Lipinski definition) is 10. The maximum Gasteiger partial charge on any atom is 0.338 e. The summed E-state index contributed by atoms with van der Waals surface area (Å²) in [5.74, 6) is 2.74. The van der Waals surface area contributed by atoms with E-state index in [2.05, 4.69) is 5.32 Å². The molecule has 3 aromatic rings. The van der Waals surface area contributed by atoms with E-state index in [0.717, 1.165) is 0 Å². The third-order valence-electron chi connectivity index (χ3n) is 6.00. The van der Waals surface area contributed by atoms with E-state index in [0.29, 0.717) is 70.9 Å². The molecule has 0 amide bonds. The molecule has 0 aromatic heterocycles. The summed E-state index contributed by atoms with van der Waals surface area (Å²) in [6.45, 7) is 1.38. The summed E-state index contributed by atoms with van der Waals surface area (Å²) in [5.41, 5.74) is 1.60. The standard InChI is InChI=1S/C31H37NO9/c1-35-26-8-6-7-9-27(26)40-15-14-32-19-23(33)20-41-24-12-10-22(11-13-24)25(31(34)39-5)16-21-17-28(36-2)30(38-4)29(18-21)37-3/h6-13,16-18,23,32-33H,14-15,19-20H2,1-5H3/b25-16+. The van der Waals surface area contributed by atoms with Gasteiger partial charge in [-0.3, -0.25) is 0 Å². The minimum absolute atomic E-state index is 0.0881. The minimum atomic E-state index is -0.730. The van der Waals surface area contributed by atoms with Crippen molar-refractivity contribution in [3.8, 4) is 34.5 Å². The Balaban J connectivity index is 1.57. The molecule has 220 valence electrons. The second kappa shape index (κ2) is 16.0. The first-order valence-electron chi connectivity index (χ1n) is 12.9. The number of hydrogen-bond donors (Lipinski definition) is 2. The van der Waals surface area contributed by atoms with Gasteiger partial charge in [-0.25, -0.2) is 4.79 Å². The van der Waals surface area contributed by atoms with Gasteiger partial charge in [0.2, 0.25) is 5.75 Å². The van der Waals surface area contributed by atoms with Gasteiger partial charge in [0.1, 0.15) is 25.1 Å². The van der Waals surface area contributed by atoms with Gasteiger partial charge in [-0.05, 0) is 53.6 Å². The van der Waals surface area contributed by atoms with Crippen molar-refractivity contribution in [1.82, 2.24) is 5.32 Å². The Morgan fingerprint density at radius 3 is 2.05 bits per heavy atom. The van der Waals surface area contributed by atoms with Crippen molar-refractivity contribution in [2.45, 2.75) is 6.10 Å². The van der Waals surface area contributed by atoms with Crippen LogP contribution in [0.25, 0.3) is 11.6 Å². The fourth-order valence-electron chi connectivity index (χ4n) is 3.94. The number of ether oxygens (including phenoxy) is 7. The van der Waals surface area contributed by atoms with Crippen LogP contribution >= 0.6 is 0 Å². The Labute approximate surface area is 240 Å². The van der Waals surface area contributed by atoms with E-state index in [-0.39, 0.29) is 6.61 Å². The van der Waals surface area contributed by atoms with Crippen LogP contribution in [0.2, 0.25) is 0 Å². The number of carbonyl (C=O) groups excluding carboxylic acids is 1. The number of aliphatic hydroxyl groups is 1. The summed E-state index contributed by atoms with van der Waals surface area (Å²) >= 11 is 0. The fourth-order valence-corrected chi connectivity index (χ4v) is 3.94. The normalized spacial score (nSPS) is 11.8. The molecule has 0 saturated heterocycles. The molecule has 1 atom stereocenters. The molecule has 0 aliphatic heterocycles. The second-order valence-corrected chi connectivity index (χ2v) is 8.70. The quantitative estimate of drug-likeness (QED) is 0.115. The number of nitrogens with one attached hydrogen (secondary N) is 1. The van der Waals surface area contributed by atoms with Gasteiger partial charge in [0, 0.05) is 13.1 Å². The molecule has 2 N–H and O–H groups in total. The van der Waals surface area contributed by atoms with Crippen molar-refractivity contribution >= 4 is 17.6 Å². The molecule has 1 unspecified atom stereocenters. The van der Waals surface area contributed by atoms with E-state index >= 15 is 0 Å². The van der Waals surface area contributed by atoms with Gasteiger partial charge < -0.3 is 43.6 Å². The topological polar surface area (TPSA) is 114 Å². The highest BCUT2D eigenvalue weighted by Gasteiger charge is 2.17. The van der Waals surface area contributed by atoms with E-state index in [4.69, 9.17) is 33.2 Å². The molecule has 3 rings (SSSR count). The average Bonchev–Trinajstić information content (AvgIpc) is 3.01. The first kappa shape index (κ1) is 31.1. The Bertz CT molecular complexity index is 1270. The number of carbonyl (C=O) groups is 1. The highest BCUT2D eigenvalue weighted by atomic mass is 16.5. The van der Waals surface area contributed by atoms with E-state index in [1.165, 1.54) is 28.4 Å². The Morgan fingerprint density at radius 2 is 1.46 bits per heavy atom. The second-order valence-electron chi connectivity index (χ2n) is 8.70. The smallest absolute Gasteiger partial charge is 0.338 e. The predicted octanol–water partition coefficient (Wildman–Crippen LogP) is 3.84. The molecule has 10 heteroatoms. The molecule has 0 spiro atoms. The van der Waals surface area contributed by atoms with Crippen LogP contribution in [-0.2, 0) is 9.53 Å². The molecule has 0 heterocycles. The summed E-state index contributed by atoms with van der Waals surface area (Å²) in [5, 5.41) is 13.4. The monoisotopic (exact) mass is 567 g/mol. The molecule has 0 fully saturated rings. The van der Waals surface area contributed by atoms with Crippen molar-refractivity contribution < 1.29 is 43.1 Å². The Morgan fingerprint density at radius 1 is 0.829 bits per heavy atom. The van der Waals surface area contributed by atoms with Crippen molar-refractivity contribution in [3.05, 3.63) is 71.8 Å². The summed E-state index contributed by atoms with van der Waals surface area (Å²) in [4.78, 5) is 12.6. The lowest BCUT2D eigenvalue weighted by atomic mass is 10.0.